The van der Waals surface area contributed by atoms with E-state index in [2.05, 4.69) is 154 Å². The lowest BCUT2D eigenvalue weighted by Crippen LogP contribution is -2.07. The van der Waals surface area contributed by atoms with Crippen molar-refractivity contribution in [1.29, 1.82) is 0 Å². The van der Waals surface area contributed by atoms with Crippen LogP contribution in [0.1, 0.15) is 0 Å². The summed E-state index contributed by atoms with van der Waals surface area (Å²) in [5.74, 6) is 1.66. The Kier molecular flexibility index (Phi) is 8.14. The summed E-state index contributed by atoms with van der Waals surface area (Å²) in [5.41, 5.74) is 13.4. The van der Waals surface area contributed by atoms with Gasteiger partial charge >= 0.3 is 0 Å². The molecule has 13 aromatic rings. The molecule has 0 aliphatic carbocycles. The predicted octanol–water partition coefficient (Wildman–Crippen LogP) is 15.2. The summed E-state index contributed by atoms with van der Waals surface area (Å²) in [4.78, 5) is 19.4. The first-order valence-electron chi connectivity index (χ1n) is 21.6. The van der Waals surface area contributed by atoms with Crippen LogP contribution in [0.2, 0.25) is 0 Å². The molecule has 0 spiro atoms. The summed E-state index contributed by atoms with van der Waals surface area (Å²) in [6.45, 7) is 7.38. The van der Waals surface area contributed by atoms with Crippen LogP contribution in [0.15, 0.2) is 211 Å². The molecule has 0 radical (unpaired) electrons. The minimum Gasteiger partial charge on any atom is -0.455 e. The third-order valence-electron chi connectivity index (χ3n) is 12.6. The molecule has 7 heteroatoms. The van der Waals surface area contributed by atoms with E-state index in [4.69, 9.17) is 25.9 Å². The van der Waals surface area contributed by atoms with E-state index in [1.54, 1.807) is 0 Å². The Morgan fingerprint density at radius 1 is 0.400 bits per heavy atom. The van der Waals surface area contributed by atoms with Crippen molar-refractivity contribution in [3.05, 3.63) is 218 Å². The molecule has 0 atom stereocenters. The molecule has 0 aliphatic rings. The molecule has 9 aromatic carbocycles. The van der Waals surface area contributed by atoms with Crippen LogP contribution in [0, 0.1) is 6.57 Å². The van der Waals surface area contributed by atoms with Crippen LogP contribution in [-0.4, -0.2) is 24.1 Å². The SMILES string of the molecule is [C-]#[N+]c1ccc(-c2ccc(-c3nc(-c4ccccc4)nc(-n4c5ccccc5c5ccc6c7ccccc7n(-c7cc(-c8ccccc8)c8oc9ccccc9c8c7)c6c54)n3)cc2)cc1. The Bertz CT molecular complexity index is 4050. The van der Waals surface area contributed by atoms with E-state index >= 15 is 0 Å². The highest BCUT2D eigenvalue weighted by molar-refractivity contribution is 6.24. The Labute approximate surface area is 372 Å². The van der Waals surface area contributed by atoms with Crippen LogP contribution >= 0.6 is 0 Å². The monoisotopic (exact) mass is 830 g/mol. The molecule has 0 fully saturated rings. The summed E-state index contributed by atoms with van der Waals surface area (Å²) in [5, 5.41) is 6.57. The number of furan rings is 1. The van der Waals surface area contributed by atoms with Gasteiger partial charge in [0.1, 0.15) is 11.2 Å². The Morgan fingerprint density at radius 3 is 1.55 bits per heavy atom. The molecule has 0 bridgehead atoms. The van der Waals surface area contributed by atoms with Gasteiger partial charge in [0.15, 0.2) is 17.3 Å². The quantitative estimate of drug-likeness (QED) is 0.157. The summed E-state index contributed by atoms with van der Waals surface area (Å²) < 4.78 is 11.3. The zero-order valence-electron chi connectivity index (χ0n) is 34.7. The second-order valence-corrected chi connectivity index (χ2v) is 16.3. The largest absolute Gasteiger partial charge is 0.455 e. The summed E-state index contributed by atoms with van der Waals surface area (Å²) in [7, 11) is 0. The van der Waals surface area contributed by atoms with Gasteiger partial charge in [0, 0.05) is 54.7 Å². The molecule has 4 aromatic heterocycles. The van der Waals surface area contributed by atoms with E-state index in [0.29, 0.717) is 23.3 Å². The number of benzene rings is 9. The van der Waals surface area contributed by atoms with E-state index in [1.807, 2.05) is 66.7 Å². The van der Waals surface area contributed by atoms with Gasteiger partial charge < -0.3 is 8.98 Å². The first-order chi connectivity index (χ1) is 32.2. The maximum Gasteiger partial charge on any atom is 0.238 e. The van der Waals surface area contributed by atoms with Crippen molar-refractivity contribution in [3.63, 3.8) is 0 Å². The van der Waals surface area contributed by atoms with Crippen LogP contribution in [0.3, 0.4) is 0 Å². The average molecular weight is 831 g/mol. The molecule has 0 amide bonds. The Balaban J connectivity index is 1.12. The van der Waals surface area contributed by atoms with Gasteiger partial charge in [-0.25, -0.2) is 9.83 Å². The van der Waals surface area contributed by atoms with E-state index < -0.39 is 0 Å². The van der Waals surface area contributed by atoms with E-state index in [9.17, 15) is 0 Å². The van der Waals surface area contributed by atoms with Gasteiger partial charge in [-0.3, -0.25) is 4.57 Å². The van der Waals surface area contributed by atoms with Gasteiger partial charge in [0.05, 0.1) is 28.6 Å². The molecule has 0 saturated carbocycles. The zero-order valence-corrected chi connectivity index (χ0v) is 34.7. The normalized spacial score (nSPS) is 11.7. The van der Waals surface area contributed by atoms with E-state index in [-0.39, 0.29) is 0 Å². The second-order valence-electron chi connectivity index (χ2n) is 16.3. The summed E-state index contributed by atoms with van der Waals surface area (Å²) >= 11 is 0. The fourth-order valence-electron chi connectivity index (χ4n) is 9.60. The first kappa shape index (κ1) is 36.5. The topological polar surface area (TPSA) is 66.0 Å². The molecule has 302 valence electrons. The number of fused-ring (bicyclic) bond motifs is 10. The van der Waals surface area contributed by atoms with E-state index in [1.165, 1.54) is 0 Å². The van der Waals surface area contributed by atoms with Gasteiger partial charge in [-0.2, -0.15) is 9.97 Å². The van der Waals surface area contributed by atoms with Crippen molar-refractivity contribution in [3.8, 4) is 56.7 Å². The number of rotatable bonds is 6. The van der Waals surface area contributed by atoms with Gasteiger partial charge in [-0.15, -0.1) is 0 Å². The average Bonchev–Trinajstić information content (AvgIpc) is 4.04. The predicted molar refractivity (Wildman–Crippen MR) is 264 cm³/mol. The molecule has 4 heterocycles. The van der Waals surface area contributed by atoms with Gasteiger partial charge in [0.25, 0.3) is 0 Å². The lowest BCUT2D eigenvalue weighted by atomic mass is 10.0. The minimum absolute atomic E-state index is 0.518. The van der Waals surface area contributed by atoms with Crippen LogP contribution in [0.5, 0.6) is 0 Å². The fourth-order valence-corrected chi connectivity index (χ4v) is 9.60. The van der Waals surface area contributed by atoms with Crippen LogP contribution in [0.4, 0.5) is 5.69 Å². The molecule has 0 saturated heterocycles. The Morgan fingerprint density at radius 2 is 0.908 bits per heavy atom. The number of nitrogens with zero attached hydrogens (tertiary/aromatic N) is 6. The minimum atomic E-state index is 0.518. The number of hydrogen-bond acceptors (Lipinski definition) is 4. The van der Waals surface area contributed by atoms with Crippen molar-refractivity contribution in [1.82, 2.24) is 24.1 Å². The molecule has 65 heavy (non-hydrogen) atoms. The molecule has 0 unspecified atom stereocenters. The third kappa shape index (κ3) is 5.78. The summed E-state index contributed by atoms with van der Waals surface area (Å²) in [6, 6.07) is 71.1. The standard InChI is InChI=1S/C58H34N6O/c1-59-41-30-28-37(29-31-41)36-24-26-40(27-25-36)57-60-56(39-16-6-3-7-17-39)61-58(62-57)64-51-22-12-9-19-44(51)47-33-32-46-43-18-8-11-21-50(43)63(53(46)54(47)64)42-34-48(38-14-4-2-5-15-38)55-49(35-42)45-20-10-13-23-52(45)65-55/h2-35H. The van der Waals surface area contributed by atoms with Gasteiger partial charge in [-0.1, -0.05) is 176 Å². The zero-order chi connectivity index (χ0) is 43.0. The highest BCUT2D eigenvalue weighted by atomic mass is 16.3. The van der Waals surface area contributed by atoms with Crippen molar-refractivity contribution in [2.45, 2.75) is 0 Å². The van der Waals surface area contributed by atoms with Gasteiger partial charge in [0.2, 0.25) is 5.95 Å². The van der Waals surface area contributed by atoms with Crippen molar-refractivity contribution in [2.24, 2.45) is 0 Å². The van der Waals surface area contributed by atoms with Crippen LogP contribution < -0.4 is 0 Å². The van der Waals surface area contributed by atoms with Crippen molar-refractivity contribution >= 4 is 71.2 Å². The van der Waals surface area contributed by atoms with Crippen LogP contribution in [-0.2, 0) is 0 Å². The number of hydrogen-bond donors (Lipinski definition) is 0. The smallest absolute Gasteiger partial charge is 0.238 e. The lowest BCUT2D eigenvalue weighted by Gasteiger charge is -2.14. The molecule has 7 nitrogen and oxygen atoms in total. The first-order valence-corrected chi connectivity index (χ1v) is 21.6. The van der Waals surface area contributed by atoms with Crippen molar-refractivity contribution in [2.75, 3.05) is 0 Å². The maximum absolute atomic E-state index is 7.38. The molecule has 0 N–H and O–H groups in total. The number of aromatic nitrogens is 5. The molecular weight excluding hydrogens is 797 g/mol. The molecule has 13 rings (SSSR count). The lowest BCUT2D eigenvalue weighted by molar-refractivity contribution is 0.670. The number of para-hydroxylation sites is 3. The fraction of sp³-hybridized carbons (Fsp3) is 0. The maximum atomic E-state index is 7.38. The highest BCUT2D eigenvalue weighted by Gasteiger charge is 2.25. The van der Waals surface area contributed by atoms with Crippen molar-refractivity contribution < 1.29 is 4.42 Å². The van der Waals surface area contributed by atoms with Crippen LogP contribution in [0.25, 0.3) is 127 Å². The third-order valence-corrected chi connectivity index (χ3v) is 12.6. The second kappa shape index (κ2) is 14.5. The van der Waals surface area contributed by atoms with E-state index in [0.717, 1.165) is 105 Å². The Hall–Kier alpha value is -9.12. The summed E-state index contributed by atoms with van der Waals surface area (Å²) in [6.07, 6.45) is 0. The molecule has 0 aliphatic heterocycles. The molecular formula is C58H34N6O. The highest BCUT2D eigenvalue weighted by Crippen LogP contribution is 2.44. The van der Waals surface area contributed by atoms with Gasteiger partial charge in [-0.05, 0) is 47.0 Å².